The third-order valence-corrected chi connectivity index (χ3v) is 4.88. The van der Waals surface area contributed by atoms with Gasteiger partial charge in [-0.2, -0.15) is 0 Å². The van der Waals surface area contributed by atoms with Gasteiger partial charge in [-0.15, -0.1) is 0 Å². The number of Topliss-reactive ketones (excluding diaryl/α,β-unsaturated/α-hetero) is 1. The first kappa shape index (κ1) is 12.6. The summed E-state index contributed by atoms with van der Waals surface area (Å²) >= 11 is 1.53. The Morgan fingerprint density at radius 1 is 1.35 bits per heavy atom. The van der Waals surface area contributed by atoms with Gasteiger partial charge in [-0.25, -0.2) is 4.98 Å². The summed E-state index contributed by atoms with van der Waals surface area (Å²) in [4.78, 5) is 19.0. The molecule has 1 aliphatic carbocycles. The molecule has 17 heavy (non-hydrogen) atoms. The van der Waals surface area contributed by atoms with Crippen LogP contribution in [0.15, 0.2) is 0 Å². The first-order chi connectivity index (χ1) is 8.09. The molecule has 0 N–H and O–H groups in total. The molecule has 0 amide bonds. The molecule has 1 aromatic rings. The second-order valence-electron chi connectivity index (χ2n) is 4.87. The Labute approximate surface area is 107 Å². The number of thiazole rings is 1. The number of hydrogen-bond donors (Lipinski definition) is 0. The first-order valence-electron chi connectivity index (χ1n) is 6.31. The minimum atomic E-state index is 0.128. The van der Waals surface area contributed by atoms with Gasteiger partial charge in [0.25, 0.3) is 0 Å². The molecule has 0 atom stereocenters. The molecule has 2 rings (SSSR count). The van der Waals surface area contributed by atoms with Crippen molar-refractivity contribution in [1.29, 1.82) is 0 Å². The Balaban J connectivity index is 2.15. The SMILES string of the molecule is CC(=O)c1sc(N(C)C2CCCCC2)nc1C. The molecule has 0 saturated heterocycles. The van der Waals surface area contributed by atoms with Crippen LogP contribution in [0.4, 0.5) is 5.13 Å². The highest BCUT2D eigenvalue weighted by Crippen LogP contribution is 2.30. The number of ketones is 1. The van der Waals surface area contributed by atoms with E-state index < -0.39 is 0 Å². The van der Waals surface area contributed by atoms with Crippen molar-refractivity contribution in [2.45, 2.75) is 52.0 Å². The van der Waals surface area contributed by atoms with Gasteiger partial charge in [0.1, 0.15) is 0 Å². The maximum absolute atomic E-state index is 11.4. The van der Waals surface area contributed by atoms with Crippen LogP contribution in [0.5, 0.6) is 0 Å². The number of carbonyl (C=O) groups excluding carboxylic acids is 1. The van der Waals surface area contributed by atoms with Crippen LogP contribution in [0, 0.1) is 6.92 Å². The van der Waals surface area contributed by atoms with Crippen molar-refractivity contribution in [2.24, 2.45) is 0 Å². The van der Waals surface area contributed by atoms with E-state index >= 15 is 0 Å². The molecule has 0 bridgehead atoms. The minimum absolute atomic E-state index is 0.128. The summed E-state index contributed by atoms with van der Waals surface area (Å²) in [6.07, 6.45) is 6.51. The normalized spacial score (nSPS) is 17.1. The molecule has 1 aromatic heterocycles. The number of aryl methyl sites for hydroxylation is 1. The molecule has 3 nitrogen and oxygen atoms in total. The minimum Gasteiger partial charge on any atom is -0.348 e. The van der Waals surface area contributed by atoms with E-state index in [1.54, 1.807) is 6.92 Å². The summed E-state index contributed by atoms with van der Waals surface area (Å²) in [6, 6.07) is 0.606. The molecule has 0 radical (unpaired) electrons. The maximum Gasteiger partial charge on any atom is 0.186 e. The van der Waals surface area contributed by atoms with E-state index in [4.69, 9.17) is 0 Å². The number of anilines is 1. The van der Waals surface area contributed by atoms with E-state index in [9.17, 15) is 4.79 Å². The van der Waals surface area contributed by atoms with Crippen LogP contribution in [0.25, 0.3) is 0 Å². The van der Waals surface area contributed by atoms with E-state index in [2.05, 4.69) is 16.9 Å². The lowest BCUT2D eigenvalue weighted by Gasteiger charge is -2.30. The van der Waals surface area contributed by atoms with E-state index in [0.29, 0.717) is 6.04 Å². The topological polar surface area (TPSA) is 33.2 Å². The average Bonchev–Trinajstić information content (AvgIpc) is 2.71. The van der Waals surface area contributed by atoms with Gasteiger partial charge < -0.3 is 4.90 Å². The Hall–Kier alpha value is -0.900. The highest BCUT2D eigenvalue weighted by atomic mass is 32.1. The van der Waals surface area contributed by atoms with Crippen molar-refractivity contribution in [3.05, 3.63) is 10.6 Å². The van der Waals surface area contributed by atoms with Crippen molar-refractivity contribution in [1.82, 2.24) is 4.98 Å². The van der Waals surface area contributed by atoms with Crippen LogP contribution < -0.4 is 4.90 Å². The molecule has 0 spiro atoms. The molecule has 0 unspecified atom stereocenters. The van der Waals surface area contributed by atoms with Gasteiger partial charge in [0, 0.05) is 20.0 Å². The summed E-state index contributed by atoms with van der Waals surface area (Å²) in [7, 11) is 2.11. The van der Waals surface area contributed by atoms with Crippen LogP contribution >= 0.6 is 11.3 Å². The quantitative estimate of drug-likeness (QED) is 0.773. The van der Waals surface area contributed by atoms with Crippen molar-refractivity contribution in [2.75, 3.05) is 11.9 Å². The lowest BCUT2D eigenvalue weighted by Crippen LogP contribution is -2.33. The second kappa shape index (κ2) is 5.17. The summed E-state index contributed by atoms with van der Waals surface area (Å²) < 4.78 is 0. The van der Waals surface area contributed by atoms with Crippen molar-refractivity contribution >= 4 is 22.3 Å². The van der Waals surface area contributed by atoms with Gasteiger partial charge in [0.2, 0.25) is 0 Å². The zero-order chi connectivity index (χ0) is 12.4. The zero-order valence-corrected chi connectivity index (χ0v) is 11.6. The molecule has 1 fully saturated rings. The average molecular weight is 252 g/mol. The maximum atomic E-state index is 11.4. The molecule has 1 saturated carbocycles. The molecule has 0 aliphatic heterocycles. The summed E-state index contributed by atoms with van der Waals surface area (Å²) in [6.45, 7) is 3.54. The third-order valence-electron chi connectivity index (χ3n) is 3.53. The lowest BCUT2D eigenvalue weighted by atomic mass is 9.95. The lowest BCUT2D eigenvalue weighted by molar-refractivity contribution is 0.102. The van der Waals surface area contributed by atoms with Crippen LogP contribution in [-0.2, 0) is 0 Å². The number of rotatable bonds is 3. The predicted molar refractivity (Wildman–Crippen MR) is 72.1 cm³/mol. The summed E-state index contributed by atoms with van der Waals surface area (Å²) in [5.74, 6) is 0.128. The van der Waals surface area contributed by atoms with Gasteiger partial charge in [-0.05, 0) is 19.8 Å². The number of nitrogens with zero attached hydrogens (tertiary/aromatic N) is 2. The third kappa shape index (κ3) is 2.68. The van der Waals surface area contributed by atoms with Gasteiger partial charge in [0.05, 0.1) is 10.6 Å². The molecule has 4 heteroatoms. The summed E-state index contributed by atoms with van der Waals surface area (Å²) in [5.41, 5.74) is 0.875. The molecule has 94 valence electrons. The molecule has 1 heterocycles. The molecule has 1 aliphatic rings. The number of aromatic nitrogens is 1. The van der Waals surface area contributed by atoms with E-state index in [-0.39, 0.29) is 5.78 Å². The van der Waals surface area contributed by atoms with Gasteiger partial charge >= 0.3 is 0 Å². The van der Waals surface area contributed by atoms with E-state index in [1.165, 1.54) is 43.4 Å². The van der Waals surface area contributed by atoms with Gasteiger partial charge in [-0.1, -0.05) is 30.6 Å². The Bertz CT molecular complexity index is 408. The predicted octanol–water partition coefficient (Wildman–Crippen LogP) is 3.42. The van der Waals surface area contributed by atoms with Gasteiger partial charge in [-0.3, -0.25) is 4.79 Å². The summed E-state index contributed by atoms with van der Waals surface area (Å²) in [5, 5.41) is 1.000. The van der Waals surface area contributed by atoms with Gasteiger partial charge in [0.15, 0.2) is 10.9 Å². The Kier molecular flexibility index (Phi) is 3.82. The standard InChI is InChI=1S/C13H20N2OS/c1-9-12(10(2)16)17-13(14-9)15(3)11-7-5-4-6-8-11/h11H,4-8H2,1-3H3. The second-order valence-corrected chi connectivity index (χ2v) is 5.85. The molecular weight excluding hydrogens is 232 g/mol. The Morgan fingerprint density at radius 2 is 2.00 bits per heavy atom. The smallest absolute Gasteiger partial charge is 0.186 e. The van der Waals surface area contributed by atoms with Crippen LogP contribution in [0.3, 0.4) is 0 Å². The van der Waals surface area contributed by atoms with Crippen LogP contribution in [0.1, 0.15) is 54.4 Å². The molecular formula is C13H20N2OS. The first-order valence-corrected chi connectivity index (χ1v) is 7.12. The van der Waals surface area contributed by atoms with Crippen molar-refractivity contribution < 1.29 is 4.79 Å². The fourth-order valence-corrected chi connectivity index (χ4v) is 3.48. The van der Waals surface area contributed by atoms with E-state index in [0.717, 1.165) is 15.7 Å². The number of hydrogen-bond acceptors (Lipinski definition) is 4. The largest absolute Gasteiger partial charge is 0.348 e. The fraction of sp³-hybridized carbons (Fsp3) is 0.692. The highest BCUT2D eigenvalue weighted by Gasteiger charge is 2.22. The van der Waals surface area contributed by atoms with Crippen LogP contribution in [0.2, 0.25) is 0 Å². The van der Waals surface area contributed by atoms with Crippen LogP contribution in [-0.4, -0.2) is 23.9 Å². The molecule has 0 aromatic carbocycles. The van der Waals surface area contributed by atoms with E-state index in [1.807, 2.05) is 6.92 Å². The van der Waals surface area contributed by atoms with Crippen molar-refractivity contribution in [3.63, 3.8) is 0 Å². The zero-order valence-electron chi connectivity index (χ0n) is 10.8. The number of carbonyl (C=O) groups is 1. The monoisotopic (exact) mass is 252 g/mol. The Morgan fingerprint density at radius 3 is 2.53 bits per heavy atom. The highest BCUT2D eigenvalue weighted by molar-refractivity contribution is 7.17. The fourth-order valence-electron chi connectivity index (χ4n) is 2.48. The van der Waals surface area contributed by atoms with Crippen molar-refractivity contribution in [3.8, 4) is 0 Å².